The molecule has 1 unspecified atom stereocenters. The highest BCUT2D eigenvalue weighted by Crippen LogP contribution is 2.38. The topological polar surface area (TPSA) is 66.8 Å². The Morgan fingerprint density at radius 2 is 1.77 bits per heavy atom. The number of morpholine rings is 1. The van der Waals surface area contributed by atoms with E-state index in [1.54, 1.807) is 0 Å². The van der Waals surface area contributed by atoms with Crippen molar-refractivity contribution >= 4 is 11.9 Å². The Bertz CT molecular complexity index is 888. The molecule has 0 saturated carbocycles. The van der Waals surface area contributed by atoms with Gasteiger partial charge in [-0.3, -0.25) is 9.59 Å². The molecule has 2 aromatic carbocycles. The quantitative estimate of drug-likeness (QED) is 0.636. The number of ether oxygens (including phenoxy) is 1. The molecule has 1 fully saturated rings. The molecule has 1 amide bonds. The lowest BCUT2D eigenvalue weighted by molar-refractivity contribution is -0.136. The molecule has 1 saturated heterocycles. The summed E-state index contributed by atoms with van der Waals surface area (Å²) in [7, 11) is 0. The number of aliphatic carboxylic acids is 1. The van der Waals surface area contributed by atoms with Crippen molar-refractivity contribution in [2.45, 2.75) is 51.9 Å². The van der Waals surface area contributed by atoms with Crippen LogP contribution in [0.15, 0.2) is 42.5 Å². The molecule has 0 aliphatic carbocycles. The summed E-state index contributed by atoms with van der Waals surface area (Å²) >= 11 is 0. The Morgan fingerprint density at radius 1 is 1.06 bits per heavy atom. The number of nitrogens with zero attached hydrogens (tertiary/aromatic N) is 1. The Hall–Kier alpha value is -2.66. The van der Waals surface area contributed by atoms with Crippen LogP contribution < -0.4 is 0 Å². The fourth-order valence-electron chi connectivity index (χ4n) is 4.51. The molecule has 5 heteroatoms. The third-order valence-electron chi connectivity index (χ3n) is 6.00. The minimum atomic E-state index is -0.854. The van der Waals surface area contributed by atoms with Crippen LogP contribution in [0.2, 0.25) is 0 Å². The summed E-state index contributed by atoms with van der Waals surface area (Å²) in [6.07, 6.45) is 3.29. The van der Waals surface area contributed by atoms with Crippen LogP contribution in [-0.2, 0) is 27.2 Å². The standard InChI is InChI=1S/C26H33NO4/c1-3-8-20(4-2)23-16-19(17-25(29)30)15-22(26(23)21-9-6-5-7-10-21)18-24(28)27-11-13-31-14-12-27/h5-7,9-10,15-16,20H,3-4,8,11-14,17-18H2,1-2H3,(H,29,30). The maximum atomic E-state index is 13.1. The van der Waals surface area contributed by atoms with Gasteiger partial charge in [0.2, 0.25) is 5.91 Å². The van der Waals surface area contributed by atoms with Crippen molar-refractivity contribution in [1.29, 1.82) is 0 Å². The summed E-state index contributed by atoms with van der Waals surface area (Å²) in [6, 6.07) is 14.2. The lowest BCUT2D eigenvalue weighted by Gasteiger charge is -2.28. The first-order valence-electron chi connectivity index (χ1n) is 11.3. The Labute approximate surface area is 185 Å². The third-order valence-corrected chi connectivity index (χ3v) is 6.00. The number of hydrogen-bond acceptors (Lipinski definition) is 3. The number of benzene rings is 2. The Balaban J connectivity index is 2.12. The second-order valence-electron chi connectivity index (χ2n) is 8.22. The van der Waals surface area contributed by atoms with E-state index in [9.17, 15) is 14.7 Å². The van der Waals surface area contributed by atoms with Crippen molar-refractivity contribution in [3.05, 3.63) is 59.2 Å². The van der Waals surface area contributed by atoms with E-state index >= 15 is 0 Å². The first-order valence-corrected chi connectivity index (χ1v) is 11.3. The first-order chi connectivity index (χ1) is 15.0. The van der Waals surface area contributed by atoms with Gasteiger partial charge in [0.25, 0.3) is 0 Å². The number of carboxylic acid groups (broad SMARTS) is 1. The highest BCUT2D eigenvalue weighted by Gasteiger charge is 2.23. The number of hydrogen-bond donors (Lipinski definition) is 1. The second-order valence-corrected chi connectivity index (χ2v) is 8.22. The predicted molar refractivity (Wildman–Crippen MR) is 122 cm³/mol. The Morgan fingerprint density at radius 3 is 2.39 bits per heavy atom. The fourth-order valence-corrected chi connectivity index (χ4v) is 4.51. The molecule has 1 aliphatic heterocycles. The molecule has 1 N–H and O–H groups in total. The number of carboxylic acids is 1. The van der Waals surface area contributed by atoms with Crippen LogP contribution in [0.4, 0.5) is 0 Å². The number of rotatable bonds is 9. The van der Waals surface area contributed by atoms with Crippen LogP contribution in [-0.4, -0.2) is 48.2 Å². The summed E-state index contributed by atoms with van der Waals surface area (Å²) in [5, 5.41) is 9.43. The van der Waals surface area contributed by atoms with Crippen molar-refractivity contribution < 1.29 is 19.4 Å². The molecule has 2 aromatic rings. The van der Waals surface area contributed by atoms with Gasteiger partial charge >= 0.3 is 5.97 Å². The van der Waals surface area contributed by atoms with Crippen molar-refractivity contribution in [3.8, 4) is 11.1 Å². The van der Waals surface area contributed by atoms with Gasteiger partial charge in [-0.05, 0) is 46.6 Å². The van der Waals surface area contributed by atoms with E-state index in [1.165, 1.54) is 5.56 Å². The molecule has 3 rings (SSSR count). The molecule has 31 heavy (non-hydrogen) atoms. The van der Waals surface area contributed by atoms with E-state index in [1.807, 2.05) is 29.2 Å². The molecule has 1 aliphatic rings. The maximum absolute atomic E-state index is 13.1. The SMILES string of the molecule is CCCC(CC)c1cc(CC(=O)O)cc(CC(=O)N2CCOCC2)c1-c1ccccc1. The number of carbonyl (C=O) groups is 2. The van der Waals surface area contributed by atoms with Crippen molar-refractivity contribution in [1.82, 2.24) is 4.90 Å². The van der Waals surface area contributed by atoms with Crippen LogP contribution in [0.5, 0.6) is 0 Å². The second kappa shape index (κ2) is 11.1. The summed E-state index contributed by atoms with van der Waals surface area (Å²) in [5.74, 6) is -0.457. The summed E-state index contributed by atoms with van der Waals surface area (Å²) in [5.41, 5.74) is 5.03. The number of amides is 1. The van der Waals surface area contributed by atoms with Crippen molar-refractivity contribution in [2.75, 3.05) is 26.3 Å². The molecule has 166 valence electrons. The van der Waals surface area contributed by atoms with E-state index < -0.39 is 5.97 Å². The van der Waals surface area contributed by atoms with Gasteiger partial charge in [0, 0.05) is 13.1 Å². The highest BCUT2D eigenvalue weighted by molar-refractivity contribution is 5.84. The van der Waals surface area contributed by atoms with E-state index in [-0.39, 0.29) is 18.7 Å². The van der Waals surface area contributed by atoms with Crippen molar-refractivity contribution in [3.63, 3.8) is 0 Å². The zero-order chi connectivity index (χ0) is 22.2. The van der Waals surface area contributed by atoms with Crippen LogP contribution in [0.1, 0.15) is 55.7 Å². The largest absolute Gasteiger partial charge is 0.481 e. The fraction of sp³-hybridized carbons (Fsp3) is 0.462. The molecule has 1 heterocycles. The zero-order valence-electron chi connectivity index (χ0n) is 18.6. The maximum Gasteiger partial charge on any atom is 0.307 e. The summed E-state index contributed by atoms with van der Waals surface area (Å²) in [6.45, 7) is 6.70. The van der Waals surface area contributed by atoms with Crippen molar-refractivity contribution in [2.24, 2.45) is 0 Å². The van der Waals surface area contributed by atoms with Gasteiger partial charge in [-0.2, -0.15) is 0 Å². The third kappa shape index (κ3) is 5.95. The molecule has 0 aromatic heterocycles. The first kappa shape index (κ1) is 23.0. The normalized spacial score (nSPS) is 15.0. The minimum absolute atomic E-state index is 0.0383. The van der Waals surface area contributed by atoms with Crippen LogP contribution >= 0.6 is 0 Å². The Kier molecular flexibility index (Phi) is 8.24. The molecular formula is C26H33NO4. The average molecular weight is 424 g/mol. The molecule has 0 radical (unpaired) electrons. The smallest absolute Gasteiger partial charge is 0.307 e. The average Bonchev–Trinajstić information content (AvgIpc) is 2.78. The van der Waals surface area contributed by atoms with Gasteiger partial charge in [0.15, 0.2) is 0 Å². The predicted octanol–water partition coefficient (Wildman–Crippen LogP) is 4.68. The number of carbonyl (C=O) groups excluding carboxylic acids is 1. The zero-order valence-corrected chi connectivity index (χ0v) is 18.6. The minimum Gasteiger partial charge on any atom is -0.481 e. The lowest BCUT2D eigenvalue weighted by atomic mass is 9.81. The van der Waals surface area contributed by atoms with E-state index in [4.69, 9.17) is 4.74 Å². The molecule has 0 spiro atoms. The van der Waals surface area contributed by atoms with Crippen LogP contribution in [0.25, 0.3) is 11.1 Å². The van der Waals surface area contributed by atoms with E-state index in [0.29, 0.717) is 32.2 Å². The van der Waals surface area contributed by atoms with Gasteiger partial charge in [-0.1, -0.05) is 62.7 Å². The van der Waals surface area contributed by atoms with Crippen LogP contribution in [0.3, 0.4) is 0 Å². The van der Waals surface area contributed by atoms with Gasteiger partial charge < -0.3 is 14.7 Å². The molecule has 1 atom stereocenters. The van der Waals surface area contributed by atoms with Gasteiger partial charge in [0.1, 0.15) is 0 Å². The van der Waals surface area contributed by atoms with Gasteiger partial charge in [-0.15, -0.1) is 0 Å². The highest BCUT2D eigenvalue weighted by atomic mass is 16.5. The van der Waals surface area contributed by atoms with Gasteiger partial charge in [-0.25, -0.2) is 0 Å². The van der Waals surface area contributed by atoms with Gasteiger partial charge in [0.05, 0.1) is 26.1 Å². The van der Waals surface area contributed by atoms with Crippen LogP contribution in [0, 0.1) is 0 Å². The van der Waals surface area contributed by atoms with E-state index in [2.05, 4.69) is 32.0 Å². The summed E-state index contributed by atoms with van der Waals surface area (Å²) < 4.78 is 5.39. The van der Waals surface area contributed by atoms with E-state index in [0.717, 1.165) is 41.5 Å². The molecule has 5 nitrogen and oxygen atoms in total. The molecular weight excluding hydrogens is 390 g/mol. The lowest BCUT2D eigenvalue weighted by Crippen LogP contribution is -2.41. The summed E-state index contributed by atoms with van der Waals surface area (Å²) in [4.78, 5) is 26.5. The molecule has 0 bridgehead atoms. The monoisotopic (exact) mass is 423 g/mol.